The van der Waals surface area contributed by atoms with Crippen molar-refractivity contribution >= 4 is 0 Å². The van der Waals surface area contributed by atoms with Gasteiger partial charge in [0.1, 0.15) is 5.82 Å². The summed E-state index contributed by atoms with van der Waals surface area (Å²) in [6.45, 7) is 5.05. The number of halogens is 1. The third-order valence-corrected chi connectivity index (χ3v) is 3.01. The average Bonchev–Trinajstić information content (AvgIpc) is 2.27. The third kappa shape index (κ3) is 3.63. The van der Waals surface area contributed by atoms with E-state index in [9.17, 15) is 4.39 Å². The lowest BCUT2D eigenvalue weighted by Gasteiger charge is -2.18. The Hall–Kier alpha value is -0.890. The van der Waals surface area contributed by atoms with Gasteiger partial charge in [0.05, 0.1) is 0 Å². The van der Waals surface area contributed by atoms with Gasteiger partial charge in [0.25, 0.3) is 0 Å². The van der Waals surface area contributed by atoms with E-state index >= 15 is 0 Å². The lowest BCUT2D eigenvalue weighted by Crippen LogP contribution is -2.15. The molecule has 0 aliphatic rings. The van der Waals surface area contributed by atoms with E-state index in [1.807, 2.05) is 12.1 Å². The quantitative estimate of drug-likeness (QED) is 0.791. The summed E-state index contributed by atoms with van der Waals surface area (Å²) in [7, 11) is 0. The van der Waals surface area contributed by atoms with Crippen molar-refractivity contribution in [3.05, 3.63) is 35.6 Å². The largest absolute Gasteiger partial charge is 0.330 e. The van der Waals surface area contributed by atoms with E-state index in [1.165, 1.54) is 12.1 Å². The van der Waals surface area contributed by atoms with Gasteiger partial charge in [-0.15, -0.1) is 0 Å². The zero-order valence-corrected chi connectivity index (χ0v) is 9.54. The molecule has 0 bridgehead atoms. The minimum absolute atomic E-state index is 0.182. The summed E-state index contributed by atoms with van der Waals surface area (Å²) < 4.78 is 12.8. The molecule has 0 heterocycles. The second-order valence-corrected chi connectivity index (χ2v) is 4.23. The summed E-state index contributed by atoms with van der Waals surface area (Å²) >= 11 is 0. The van der Waals surface area contributed by atoms with Gasteiger partial charge in [-0.1, -0.05) is 32.4 Å². The molecule has 2 atom stereocenters. The Kier molecular flexibility index (Phi) is 4.76. The van der Waals surface area contributed by atoms with Crippen molar-refractivity contribution in [1.29, 1.82) is 0 Å². The van der Waals surface area contributed by atoms with Gasteiger partial charge in [0.2, 0.25) is 0 Å². The molecule has 15 heavy (non-hydrogen) atoms. The van der Waals surface area contributed by atoms with Gasteiger partial charge in [-0.2, -0.15) is 0 Å². The standard InChI is InChI=1S/C13H20FN/c1-3-10(2)8-12(9-15)11-4-6-13(14)7-5-11/h4-7,10,12H,3,8-9,15H2,1-2H3. The van der Waals surface area contributed by atoms with Crippen LogP contribution in [0.4, 0.5) is 4.39 Å². The first kappa shape index (κ1) is 12.2. The third-order valence-electron chi connectivity index (χ3n) is 3.01. The van der Waals surface area contributed by atoms with Crippen LogP contribution in [-0.4, -0.2) is 6.54 Å². The highest BCUT2D eigenvalue weighted by Crippen LogP contribution is 2.24. The van der Waals surface area contributed by atoms with Gasteiger partial charge in [-0.25, -0.2) is 4.39 Å². The van der Waals surface area contributed by atoms with Gasteiger partial charge < -0.3 is 5.73 Å². The highest BCUT2D eigenvalue weighted by Gasteiger charge is 2.12. The minimum atomic E-state index is -0.182. The molecule has 1 aromatic rings. The number of rotatable bonds is 5. The first-order chi connectivity index (χ1) is 7.17. The molecule has 0 spiro atoms. The van der Waals surface area contributed by atoms with Crippen molar-refractivity contribution in [2.75, 3.05) is 6.54 Å². The molecule has 0 aliphatic heterocycles. The van der Waals surface area contributed by atoms with Crippen molar-refractivity contribution < 1.29 is 4.39 Å². The Morgan fingerprint density at radius 3 is 2.33 bits per heavy atom. The number of benzene rings is 1. The second kappa shape index (κ2) is 5.86. The summed E-state index contributed by atoms with van der Waals surface area (Å²) in [5.74, 6) is 0.849. The molecule has 2 heteroatoms. The lowest BCUT2D eigenvalue weighted by atomic mass is 9.88. The molecule has 0 radical (unpaired) electrons. The fourth-order valence-corrected chi connectivity index (χ4v) is 1.76. The Bertz CT molecular complexity index is 281. The minimum Gasteiger partial charge on any atom is -0.330 e. The molecule has 2 N–H and O–H groups in total. The predicted octanol–water partition coefficient (Wildman–Crippen LogP) is 3.30. The summed E-state index contributed by atoms with van der Waals surface area (Å²) in [5, 5.41) is 0. The zero-order valence-electron chi connectivity index (χ0n) is 9.54. The van der Waals surface area contributed by atoms with Gasteiger partial charge in [-0.05, 0) is 42.5 Å². The van der Waals surface area contributed by atoms with Crippen LogP contribution in [0.5, 0.6) is 0 Å². The van der Waals surface area contributed by atoms with Crippen LogP contribution in [0.2, 0.25) is 0 Å². The number of nitrogens with two attached hydrogens (primary N) is 1. The van der Waals surface area contributed by atoms with Gasteiger partial charge in [-0.3, -0.25) is 0 Å². The molecule has 0 aromatic heterocycles. The summed E-state index contributed by atoms with van der Waals surface area (Å²) in [5.41, 5.74) is 6.90. The van der Waals surface area contributed by atoms with Crippen LogP contribution in [0.15, 0.2) is 24.3 Å². The van der Waals surface area contributed by atoms with Crippen LogP contribution in [0.1, 0.15) is 38.2 Å². The number of hydrogen-bond acceptors (Lipinski definition) is 1. The fraction of sp³-hybridized carbons (Fsp3) is 0.538. The maximum Gasteiger partial charge on any atom is 0.123 e. The van der Waals surface area contributed by atoms with Crippen molar-refractivity contribution in [2.45, 2.75) is 32.6 Å². The smallest absolute Gasteiger partial charge is 0.123 e. The van der Waals surface area contributed by atoms with E-state index in [0.29, 0.717) is 18.4 Å². The van der Waals surface area contributed by atoms with Crippen LogP contribution < -0.4 is 5.73 Å². The molecule has 0 saturated carbocycles. The maximum absolute atomic E-state index is 12.8. The van der Waals surface area contributed by atoms with E-state index in [2.05, 4.69) is 13.8 Å². The van der Waals surface area contributed by atoms with Crippen molar-refractivity contribution in [3.63, 3.8) is 0 Å². The molecule has 1 nitrogen and oxygen atoms in total. The Balaban J connectivity index is 2.69. The molecule has 84 valence electrons. The molecule has 0 aliphatic carbocycles. The SMILES string of the molecule is CCC(C)CC(CN)c1ccc(F)cc1. The summed E-state index contributed by atoms with van der Waals surface area (Å²) in [6.07, 6.45) is 2.25. The van der Waals surface area contributed by atoms with Crippen LogP contribution >= 0.6 is 0 Å². The van der Waals surface area contributed by atoms with Crippen LogP contribution in [-0.2, 0) is 0 Å². The van der Waals surface area contributed by atoms with Crippen molar-refractivity contribution in [2.24, 2.45) is 11.7 Å². The van der Waals surface area contributed by atoms with E-state index in [1.54, 1.807) is 0 Å². The molecule has 0 amide bonds. The van der Waals surface area contributed by atoms with Crippen molar-refractivity contribution in [1.82, 2.24) is 0 Å². The lowest BCUT2D eigenvalue weighted by molar-refractivity contribution is 0.457. The van der Waals surface area contributed by atoms with E-state index < -0.39 is 0 Å². The van der Waals surface area contributed by atoms with Gasteiger partial charge in [0, 0.05) is 0 Å². The van der Waals surface area contributed by atoms with E-state index in [4.69, 9.17) is 5.73 Å². The Morgan fingerprint density at radius 2 is 1.87 bits per heavy atom. The normalized spacial score (nSPS) is 14.9. The van der Waals surface area contributed by atoms with Crippen LogP contribution in [0.25, 0.3) is 0 Å². The van der Waals surface area contributed by atoms with E-state index in [0.717, 1.165) is 18.4 Å². The molecule has 1 aromatic carbocycles. The van der Waals surface area contributed by atoms with Crippen LogP contribution in [0.3, 0.4) is 0 Å². The summed E-state index contributed by atoms with van der Waals surface area (Å²) in [4.78, 5) is 0. The fourth-order valence-electron chi connectivity index (χ4n) is 1.76. The Morgan fingerprint density at radius 1 is 1.27 bits per heavy atom. The highest BCUT2D eigenvalue weighted by molar-refractivity contribution is 5.20. The van der Waals surface area contributed by atoms with Gasteiger partial charge in [0.15, 0.2) is 0 Å². The van der Waals surface area contributed by atoms with Crippen molar-refractivity contribution in [3.8, 4) is 0 Å². The summed E-state index contributed by atoms with van der Waals surface area (Å²) in [6, 6.07) is 6.70. The van der Waals surface area contributed by atoms with E-state index in [-0.39, 0.29) is 5.82 Å². The monoisotopic (exact) mass is 209 g/mol. The van der Waals surface area contributed by atoms with Crippen LogP contribution in [0, 0.1) is 11.7 Å². The topological polar surface area (TPSA) is 26.0 Å². The molecular formula is C13H20FN. The molecule has 0 saturated heterocycles. The predicted molar refractivity (Wildman–Crippen MR) is 62.3 cm³/mol. The number of hydrogen-bond donors (Lipinski definition) is 1. The Labute approximate surface area is 91.5 Å². The first-order valence-corrected chi connectivity index (χ1v) is 5.62. The van der Waals surface area contributed by atoms with Gasteiger partial charge >= 0.3 is 0 Å². The first-order valence-electron chi connectivity index (χ1n) is 5.62. The molecular weight excluding hydrogens is 189 g/mol. The average molecular weight is 209 g/mol. The second-order valence-electron chi connectivity index (χ2n) is 4.23. The molecule has 0 fully saturated rings. The zero-order chi connectivity index (χ0) is 11.3. The molecule has 2 unspecified atom stereocenters. The molecule has 1 rings (SSSR count). The highest BCUT2D eigenvalue weighted by atomic mass is 19.1. The maximum atomic E-state index is 12.8.